The van der Waals surface area contributed by atoms with E-state index >= 15 is 0 Å². The van der Waals surface area contributed by atoms with Gasteiger partial charge in [-0.05, 0) is 11.8 Å². The van der Waals surface area contributed by atoms with Crippen molar-refractivity contribution >= 4 is 5.97 Å². The molecular weight excluding hydrogens is 140 g/mol. The van der Waals surface area contributed by atoms with E-state index in [0.717, 1.165) is 6.42 Å². The van der Waals surface area contributed by atoms with Crippen LogP contribution < -0.4 is 0 Å². The maximum Gasteiger partial charge on any atom is 0.313 e. The van der Waals surface area contributed by atoms with Gasteiger partial charge in [-0.15, -0.1) is 0 Å². The molecule has 1 heterocycles. The van der Waals surface area contributed by atoms with Crippen molar-refractivity contribution in [1.82, 2.24) is 0 Å². The second-order valence-electron chi connectivity index (χ2n) is 4.24. The standard InChI is InChI=1S/C9H16O2/c1-5-6-7(9(2,3)4)11-8(6)10/h6-7H,5H2,1-4H3/t6-,7+/m1/s1. The van der Waals surface area contributed by atoms with Crippen molar-refractivity contribution in [3.05, 3.63) is 0 Å². The molecule has 0 N–H and O–H groups in total. The molecule has 64 valence electrons. The number of carbonyl (C=O) groups excluding carboxylic acids is 1. The summed E-state index contributed by atoms with van der Waals surface area (Å²) in [5.41, 5.74) is 0.106. The molecule has 2 nitrogen and oxygen atoms in total. The van der Waals surface area contributed by atoms with E-state index in [4.69, 9.17) is 4.74 Å². The lowest BCUT2D eigenvalue weighted by Crippen LogP contribution is -2.51. The zero-order valence-corrected chi connectivity index (χ0v) is 7.68. The largest absolute Gasteiger partial charge is 0.461 e. The molecule has 2 heteroatoms. The van der Waals surface area contributed by atoms with Crippen LogP contribution in [0.4, 0.5) is 0 Å². The summed E-state index contributed by atoms with van der Waals surface area (Å²) in [6.07, 6.45) is 1.04. The fourth-order valence-corrected chi connectivity index (χ4v) is 1.51. The molecule has 1 rings (SSSR count). The number of cyclic esters (lactones) is 1. The first-order valence-electron chi connectivity index (χ1n) is 4.17. The van der Waals surface area contributed by atoms with Crippen LogP contribution in [0, 0.1) is 11.3 Å². The van der Waals surface area contributed by atoms with Gasteiger partial charge < -0.3 is 4.74 Å². The Morgan fingerprint density at radius 2 is 2.00 bits per heavy atom. The predicted molar refractivity (Wildman–Crippen MR) is 43.1 cm³/mol. The van der Waals surface area contributed by atoms with Crippen molar-refractivity contribution in [3.8, 4) is 0 Å². The molecule has 0 spiro atoms. The third-order valence-electron chi connectivity index (χ3n) is 2.20. The molecule has 0 saturated carbocycles. The highest BCUT2D eigenvalue weighted by Crippen LogP contribution is 2.37. The molecule has 0 unspecified atom stereocenters. The van der Waals surface area contributed by atoms with Gasteiger partial charge in [-0.3, -0.25) is 4.79 Å². The minimum Gasteiger partial charge on any atom is -0.461 e. The Morgan fingerprint density at radius 3 is 2.18 bits per heavy atom. The summed E-state index contributed by atoms with van der Waals surface area (Å²) in [5.74, 6) is 0.127. The van der Waals surface area contributed by atoms with Crippen molar-refractivity contribution in [2.45, 2.75) is 40.2 Å². The van der Waals surface area contributed by atoms with E-state index in [2.05, 4.69) is 20.8 Å². The van der Waals surface area contributed by atoms with Crippen molar-refractivity contribution in [2.75, 3.05) is 0 Å². The summed E-state index contributed by atoms with van der Waals surface area (Å²) in [4.78, 5) is 10.9. The monoisotopic (exact) mass is 156 g/mol. The minimum atomic E-state index is -0.0209. The van der Waals surface area contributed by atoms with Crippen molar-refractivity contribution < 1.29 is 9.53 Å². The molecule has 2 atom stereocenters. The van der Waals surface area contributed by atoms with Crippen molar-refractivity contribution in [3.63, 3.8) is 0 Å². The normalized spacial score (nSPS) is 31.1. The van der Waals surface area contributed by atoms with Gasteiger partial charge in [0.15, 0.2) is 0 Å². The topological polar surface area (TPSA) is 26.3 Å². The van der Waals surface area contributed by atoms with Gasteiger partial charge in [0.25, 0.3) is 0 Å². The van der Waals surface area contributed by atoms with E-state index in [9.17, 15) is 4.79 Å². The Balaban J connectivity index is 2.58. The Kier molecular flexibility index (Phi) is 1.95. The smallest absolute Gasteiger partial charge is 0.313 e. The molecule has 0 bridgehead atoms. The van der Waals surface area contributed by atoms with Crippen LogP contribution in [0.25, 0.3) is 0 Å². The van der Waals surface area contributed by atoms with Gasteiger partial charge in [-0.2, -0.15) is 0 Å². The summed E-state index contributed by atoms with van der Waals surface area (Å²) in [7, 11) is 0. The quantitative estimate of drug-likeness (QED) is 0.543. The van der Waals surface area contributed by atoms with Gasteiger partial charge in [-0.1, -0.05) is 27.7 Å². The highest BCUT2D eigenvalue weighted by molar-refractivity contribution is 5.78. The third kappa shape index (κ3) is 1.39. The van der Waals surface area contributed by atoms with Crippen molar-refractivity contribution in [2.24, 2.45) is 11.3 Å². The lowest BCUT2D eigenvalue weighted by atomic mass is 9.77. The maximum absolute atomic E-state index is 10.9. The lowest BCUT2D eigenvalue weighted by molar-refractivity contribution is -0.198. The first-order chi connectivity index (χ1) is 4.96. The first kappa shape index (κ1) is 8.57. The van der Waals surface area contributed by atoms with Gasteiger partial charge in [0.2, 0.25) is 0 Å². The molecule has 0 radical (unpaired) electrons. The van der Waals surface area contributed by atoms with Crippen LogP contribution in [0.3, 0.4) is 0 Å². The van der Waals surface area contributed by atoms with E-state index in [1.165, 1.54) is 0 Å². The van der Waals surface area contributed by atoms with E-state index in [0.29, 0.717) is 0 Å². The highest BCUT2D eigenvalue weighted by Gasteiger charge is 2.47. The Hall–Kier alpha value is -0.530. The molecule has 0 amide bonds. The fraction of sp³-hybridized carbons (Fsp3) is 0.889. The highest BCUT2D eigenvalue weighted by atomic mass is 16.6. The number of carbonyl (C=O) groups is 1. The molecule has 0 aromatic carbocycles. The van der Waals surface area contributed by atoms with Crippen LogP contribution in [0.1, 0.15) is 34.1 Å². The number of hydrogen-bond acceptors (Lipinski definition) is 2. The van der Waals surface area contributed by atoms with Gasteiger partial charge >= 0.3 is 5.97 Å². The molecule has 0 aromatic heterocycles. The number of rotatable bonds is 1. The summed E-state index contributed by atoms with van der Waals surface area (Å²) < 4.78 is 5.07. The van der Waals surface area contributed by atoms with Crippen molar-refractivity contribution in [1.29, 1.82) is 0 Å². The van der Waals surface area contributed by atoms with E-state index in [1.54, 1.807) is 0 Å². The Morgan fingerprint density at radius 1 is 1.45 bits per heavy atom. The zero-order chi connectivity index (χ0) is 8.65. The number of hydrogen-bond donors (Lipinski definition) is 0. The maximum atomic E-state index is 10.9. The fourth-order valence-electron chi connectivity index (χ4n) is 1.51. The average molecular weight is 156 g/mol. The predicted octanol–water partition coefficient (Wildman–Crippen LogP) is 1.98. The molecule has 1 aliphatic rings. The summed E-state index contributed by atoms with van der Waals surface area (Å²) >= 11 is 0. The lowest BCUT2D eigenvalue weighted by Gasteiger charge is -2.42. The molecule has 0 aliphatic carbocycles. The van der Waals surface area contributed by atoms with E-state index in [-0.39, 0.29) is 23.4 Å². The molecular formula is C9H16O2. The van der Waals surface area contributed by atoms with Gasteiger partial charge in [0.1, 0.15) is 6.10 Å². The molecule has 1 aliphatic heterocycles. The van der Waals surface area contributed by atoms with Crippen LogP contribution in [0.2, 0.25) is 0 Å². The first-order valence-corrected chi connectivity index (χ1v) is 4.17. The molecule has 11 heavy (non-hydrogen) atoms. The molecule has 0 aromatic rings. The third-order valence-corrected chi connectivity index (χ3v) is 2.20. The minimum absolute atomic E-state index is 0.0209. The zero-order valence-electron chi connectivity index (χ0n) is 7.68. The Labute approximate surface area is 67.9 Å². The molecule has 1 fully saturated rings. The van der Waals surface area contributed by atoms with E-state index in [1.807, 2.05) is 6.92 Å². The second kappa shape index (κ2) is 2.50. The summed E-state index contributed by atoms with van der Waals surface area (Å²) in [6.45, 7) is 8.34. The Bertz CT molecular complexity index is 167. The van der Waals surface area contributed by atoms with Crippen LogP contribution in [0.15, 0.2) is 0 Å². The summed E-state index contributed by atoms with van der Waals surface area (Å²) in [5, 5.41) is 0. The van der Waals surface area contributed by atoms with Gasteiger partial charge in [0, 0.05) is 0 Å². The summed E-state index contributed by atoms with van der Waals surface area (Å²) in [6, 6.07) is 0. The van der Waals surface area contributed by atoms with Gasteiger partial charge in [0.05, 0.1) is 5.92 Å². The second-order valence-corrected chi connectivity index (χ2v) is 4.24. The van der Waals surface area contributed by atoms with E-state index < -0.39 is 0 Å². The van der Waals surface area contributed by atoms with Crippen LogP contribution >= 0.6 is 0 Å². The van der Waals surface area contributed by atoms with Crippen LogP contribution in [-0.2, 0) is 9.53 Å². The number of esters is 1. The SMILES string of the molecule is CC[C@H]1C(=O)O[C@@H]1C(C)(C)C. The average Bonchev–Trinajstić information content (AvgIpc) is 1.81. The molecule has 1 saturated heterocycles. The van der Waals surface area contributed by atoms with Crippen LogP contribution in [0.5, 0.6) is 0 Å². The van der Waals surface area contributed by atoms with Gasteiger partial charge in [-0.25, -0.2) is 0 Å². The number of ether oxygens (including phenoxy) is 1. The van der Waals surface area contributed by atoms with Crippen LogP contribution in [-0.4, -0.2) is 12.1 Å².